The molecule has 4 aromatic rings. The second-order valence-corrected chi connectivity index (χ2v) is 8.07. The van der Waals surface area contributed by atoms with E-state index in [0.29, 0.717) is 0 Å². The fraction of sp³-hybridized carbons (Fsp3) is 0.250. The smallest absolute Gasteiger partial charge is 0.143 e. The normalized spacial score (nSPS) is 15.0. The summed E-state index contributed by atoms with van der Waals surface area (Å²) in [5.41, 5.74) is 7.96. The van der Waals surface area contributed by atoms with Crippen LogP contribution < -0.4 is 0 Å². The highest BCUT2D eigenvalue weighted by Gasteiger charge is 2.38. The van der Waals surface area contributed by atoms with Crippen molar-refractivity contribution in [3.63, 3.8) is 0 Å². The van der Waals surface area contributed by atoms with Crippen LogP contribution in [0.1, 0.15) is 36.4 Å². The lowest BCUT2D eigenvalue weighted by atomic mass is 9.81. The van der Waals surface area contributed by atoms with Crippen LogP contribution >= 0.6 is 11.3 Å². The Morgan fingerprint density at radius 2 is 1.79 bits per heavy atom. The number of nitrogens with zero attached hydrogens (tertiary/aromatic N) is 3. The van der Waals surface area contributed by atoms with Gasteiger partial charge in [-0.15, -0.1) is 11.3 Å². The molecule has 4 heteroatoms. The zero-order chi connectivity index (χ0) is 16.6. The van der Waals surface area contributed by atoms with Crippen LogP contribution in [-0.2, 0) is 5.41 Å². The highest BCUT2D eigenvalue weighted by atomic mass is 32.1. The largest absolute Gasteiger partial charge is 0.256 e. The Kier molecular flexibility index (Phi) is 2.57. The maximum absolute atomic E-state index is 4.90. The topological polar surface area (TPSA) is 38.7 Å². The lowest BCUT2D eigenvalue weighted by molar-refractivity contribution is 0.665. The Balaban J connectivity index is 2.00. The second-order valence-electron chi connectivity index (χ2n) is 7.04. The molecule has 0 amide bonds. The molecule has 1 aromatic carbocycles. The van der Waals surface area contributed by atoms with Crippen molar-refractivity contribution >= 4 is 31.8 Å². The van der Waals surface area contributed by atoms with Crippen molar-refractivity contribution in [1.82, 2.24) is 15.0 Å². The van der Waals surface area contributed by atoms with E-state index in [1.165, 1.54) is 26.8 Å². The Bertz CT molecular complexity index is 1150. The predicted octanol–water partition coefficient (Wildman–Crippen LogP) is 5.16. The molecule has 24 heavy (non-hydrogen) atoms. The van der Waals surface area contributed by atoms with Crippen molar-refractivity contribution in [1.29, 1.82) is 0 Å². The zero-order valence-corrected chi connectivity index (χ0v) is 15.0. The summed E-state index contributed by atoms with van der Waals surface area (Å²) < 4.78 is 1.26. The van der Waals surface area contributed by atoms with Gasteiger partial charge in [-0.3, -0.25) is 4.98 Å². The van der Waals surface area contributed by atoms with Gasteiger partial charge in [-0.25, -0.2) is 9.97 Å². The number of rotatable bonds is 0. The van der Waals surface area contributed by atoms with E-state index in [1.807, 2.05) is 26.1 Å². The number of hydrogen-bond acceptors (Lipinski definition) is 4. The summed E-state index contributed by atoms with van der Waals surface area (Å²) in [6, 6.07) is 8.65. The first-order valence-corrected chi connectivity index (χ1v) is 8.97. The first-order valence-electron chi connectivity index (χ1n) is 8.15. The van der Waals surface area contributed by atoms with Gasteiger partial charge in [-0.1, -0.05) is 26.0 Å². The Hall–Kier alpha value is -2.33. The van der Waals surface area contributed by atoms with Gasteiger partial charge < -0.3 is 0 Å². The Morgan fingerprint density at radius 1 is 1.00 bits per heavy atom. The number of thiophene rings is 1. The monoisotopic (exact) mass is 331 g/mol. The van der Waals surface area contributed by atoms with E-state index < -0.39 is 0 Å². The van der Waals surface area contributed by atoms with Crippen LogP contribution in [0.15, 0.2) is 30.5 Å². The van der Waals surface area contributed by atoms with E-state index >= 15 is 0 Å². The molecule has 0 unspecified atom stereocenters. The van der Waals surface area contributed by atoms with E-state index in [-0.39, 0.29) is 5.41 Å². The summed E-state index contributed by atoms with van der Waals surface area (Å²) in [6.07, 6.45) is 1.88. The minimum Gasteiger partial charge on any atom is -0.256 e. The van der Waals surface area contributed by atoms with Crippen LogP contribution in [0.25, 0.3) is 31.7 Å². The van der Waals surface area contributed by atoms with E-state index in [0.717, 1.165) is 27.4 Å². The van der Waals surface area contributed by atoms with Crippen molar-refractivity contribution in [2.75, 3.05) is 0 Å². The Morgan fingerprint density at radius 3 is 2.62 bits per heavy atom. The number of hydrogen-bond donors (Lipinski definition) is 0. The van der Waals surface area contributed by atoms with E-state index in [2.05, 4.69) is 37.0 Å². The van der Waals surface area contributed by atoms with E-state index in [9.17, 15) is 0 Å². The third-order valence-electron chi connectivity index (χ3n) is 5.25. The van der Waals surface area contributed by atoms with Crippen molar-refractivity contribution in [2.45, 2.75) is 33.1 Å². The molecule has 1 aliphatic carbocycles. The molecule has 0 N–H and O–H groups in total. The van der Waals surface area contributed by atoms with E-state index in [4.69, 9.17) is 9.97 Å². The first-order chi connectivity index (χ1) is 11.5. The molecule has 0 spiro atoms. The number of fused-ring (bicyclic) bond motifs is 7. The number of aryl methyl sites for hydroxylation is 2. The van der Waals surface area contributed by atoms with Gasteiger partial charge in [0.2, 0.25) is 0 Å². The number of pyridine rings is 1. The summed E-state index contributed by atoms with van der Waals surface area (Å²) in [7, 11) is 0. The lowest BCUT2D eigenvalue weighted by Gasteiger charge is -2.22. The molecule has 0 atom stereocenters. The average Bonchev–Trinajstić information content (AvgIpc) is 3.02. The number of benzene rings is 1. The van der Waals surface area contributed by atoms with Gasteiger partial charge in [-0.2, -0.15) is 0 Å². The van der Waals surface area contributed by atoms with Crippen molar-refractivity contribution in [3.05, 3.63) is 53.0 Å². The fourth-order valence-corrected chi connectivity index (χ4v) is 5.00. The molecular formula is C20H17N3S. The van der Waals surface area contributed by atoms with Crippen molar-refractivity contribution in [3.8, 4) is 11.3 Å². The van der Waals surface area contributed by atoms with Gasteiger partial charge in [0.1, 0.15) is 10.3 Å². The van der Waals surface area contributed by atoms with Gasteiger partial charge in [0, 0.05) is 27.3 Å². The molecule has 0 bridgehead atoms. The van der Waals surface area contributed by atoms with Gasteiger partial charge in [0.25, 0.3) is 0 Å². The van der Waals surface area contributed by atoms with Gasteiger partial charge >= 0.3 is 0 Å². The summed E-state index contributed by atoms with van der Waals surface area (Å²) >= 11 is 1.74. The quantitative estimate of drug-likeness (QED) is 0.446. The molecule has 3 heterocycles. The molecule has 5 rings (SSSR count). The molecular weight excluding hydrogens is 314 g/mol. The maximum atomic E-state index is 4.90. The van der Waals surface area contributed by atoms with Gasteiger partial charge in [-0.05, 0) is 37.1 Å². The minimum atomic E-state index is -0.0765. The van der Waals surface area contributed by atoms with Crippen molar-refractivity contribution in [2.24, 2.45) is 0 Å². The molecule has 3 nitrogen and oxygen atoms in total. The summed E-state index contributed by atoms with van der Waals surface area (Å²) in [5, 5.41) is 1.26. The summed E-state index contributed by atoms with van der Waals surface area (Å²) in [6.45, 7) is 8.64. The van der Waals surface area contributed by atoms with Crippen LogP contribution in [-0.4, -0.2) is 15.0 Å². The van der Waals surface area contributed by atoms with Gasteiger partial charge in [0.05, 0.1) is 17.1 Å². The van der Waals surface area contributed by atoms with Gasteiger partial charge in [0.15, 0.2) is 0 Å². The third-order valence-corrected chi connectivity index (χ3v) is 6.28. The SMILES string of the molecule is Cc1nc2sc3ccc4c(c3c2nc1C)C(C)(C)c1cccnc1-4. The van der Waals surface area contributed by atoms with E-state index in [1.54, 1.807) is 11.3 Å². The predicted molar refractivity (Wildman–Crippen MR) is 99.8 cm³/mol. The average molecular weight is 331 g/mol. The molecule has 0 radical (unpaired) electrons. The molecule has 0 fully saturated rings. The Labute approximate surface area is 144 Å². The van der Waals surface area contributed by atoms with Crippen molar-refractivity contribution < 1.29 is 0 Å². The van der Waals surface area contributed by atoms with Crippen LogP contribution in [0.5, 0.6) is 0 Å². The first kappa shape index (κ1) is 14.1. The third kappa shape index (κ3) is 1.59. The lowest BCUT2D eigenvalue weighted by Crippen LogP contribution is -2.15. The fourth-order valence-electron chi connectivity index (χ4n) is 3.93. The van der Waals surface area contributed by atoms with Crippen LogP contribution in [0.2, 0.25) is 0 Å². The second kappa shape index (κ2) is 4.39. The highest BCUT2D eigenvalue weighted by Crippen LogP contribution is 2.52. The summed E-state index contributed by atoms with van der Waals surface area (Å²) in [4.78, 5) is 15.4. The molecule has 0 saturated heterocycles. The highest BCUT2D eigenvalue weighted by molar-refractivity contribution is 7.25. The standard InChI is InChI=1S/C20H17N3S/c1-10-11(2)23-19-18(22-10)15-14(24-19)8-7-12-16(15)20(3,4)13-6-5-9-21-17(12)13/h5-9H,1-4H3. The molecule has 3 aromatic heterocycles. The molecule has 0 aliphatic heterocycles. The van der Waals surface area contributed by atoms with Crippen LogP contribution in [0, 0.1) is 13.8 Å². The molecule has 118 valence electrons. The maximum Gasteiger partial charge on any atom is 0.143 e. The van der Waals surface area contributed by atoms with Crippen LogP contribution in [0.3, 0.4) is 0 Å². The van der Waals surface area contributed by atoms with Crippen LogP contribution in [0.4, 0.5) is 0 Å². The molecule has 1 aliphatic rings. The zero-order valence-electron chi connectivity index (χ0n) is 14.1. The summed E-state index contributed by atoms with van der Waals surface area (Å²) in [5.74, 6) is 0. The molecule has 0 saturated carbocycles. The minimum absolute atomic E-state index is 0.0765. The number of aromatic nitrogens is 3.